The third kappa shape index (κ3) is 2.53. The van der Waals surface area contributed by atoms with E-state index in [0.29, 0.717) is 0 Å². The highest BCUT2D eigenvalue weighted by Gasteiger charge is 2.05. The summed E-state index contributed by atoms with van der Waals surface area (Å²) in [4.78, 5) is 4.49. The second kappa shape index (κ2) is 5.27. The number of aromatic nitrogens is 2. The van der Waals surface area contributed by atoms with Gasteiger partial charge in [0.25, 0.3) is 0 Å². The largest absolute Gasteiger partial charge is 0.330 e. The summed E-state index contributed by atoms with van der Waals surface area (Å²) >= 11 is 0. The average molecular weight is 250 g/mol. The van der Waals surface area contributed by atoms with E-state index in [4.69, 9.17) is 0 Å². The summed E-state index contributed by atoms with van der Waals surface area (Å²) in [5, 5.41) is 1.24. The topological polar surface area (TPSA) is 17.8 Å². The first kappa shape index (κ1) is 12.0. The zero-order valence-electron chi connectivity index (χ0n) is 11.2. The van der Waals surface area contributed by atoms with Gasteiger partial charge >= 0.3 is 0 Å². The van der Waals surface area contributed by atoms with E-state index in [1.165, 1.54) is 16.6 Å². The van der Waals surface area contributed by atoms with Gasteiger partial charge in [0.15, 0.2) is 0 Å². The van der Waals surface area contributed by atoms with Gasteiger partial charge in [-0.2, -0.15) is 0 Å². The molecule has 0 aliphatic rings. The zero-order chi connectivity index (χ0) is 13.1. The maximum atomic E-state index is 4.49. The average Bonchev–Trinajstić information content (AvgIpc) is 2.76. The van der Waals surface area contributed by atoms with Gasteiger partial charge in [-0.3, -0.25) is 0 Å². The molecule has 0 spiro atoms. The van der Waals surface area contributed by atoms with Crippen molar-refractivity contribution < 1.29 is 0 Å². The van der Waals surface area contributed by atoms with Crippen molar-refractivity contribution in [2.75, 3.05) is 0 Å². The minimum absolute atomic E-state index is 1.03. The summed E-state index contributed by atoms with van der Waals surface area (Å²) in [6.45, 7) is 3.19. The molecular formula is C17H18N2. The summed E-state index contributed by atoms with van der Waals surface area (Å²) in [7, 11) is 0. The highest BCUT2D eigenvalue weighted by molar-refractivity contribution is 5.77. The Bertz CT molecular complexity index is 668. The Morgan fingerprint density at radius 3 is 2.74 bits per heavy atom. The van der Waals surface area contributed by atoms with Crippen LogP contribution in [0.3, 0.4) is 0 Å². The summed E-state index contributed by atoms with van der Waals surface area (Å²) in [5.74, 6) is 0. The molecule has 0 fully saturated rings. The fourth-order valence-corrected chi connectivity index (χ4v) is 2.59. The van der Waals surface area contributed by atoms with E-state index in [2.05, 4.69) is 58.9 Å². The van der Waals surface area contributed by atoms with E-state index in [-0.39, 0.29) is 0 Å². The Kier molecular flexibility index (Phi) is 3.32. The number of pyridine rings is 1. The maximum absolute atomic E-state index is 4.49. The van der Waals surface area contributed by atoms with E-state index >= 15 is 0 Å². The maximum Gasteiger partial charge on any atom is 0.140 e. The summed E-state index contributed by atoms with van der Waals surface area (Å²) < 4.78 is 2.32. The molecular weight excluding hydrogens is 232 g/mol. The van der Waals surface area contributed by atoms with Gasteiger partial charge in [0.05, 0.1) is 0 Å². The van der Waals surface area contributed by atoms with Crippen LogP contribution in [0.25, 0.3) is 11.0 Å². The van der Waals surface area contributed by atoms with Crippen LogP contribution < -0.4 is 0 Å². The van der Waals surface area contributed by atoms with Crippen molar-refractivity contribution in [3.63, 3.8) is 0 Å². The lowest BCUT2D eigenvalue weighted by molar-refractivity contribution is 0.644. The highest BCUT2D eigenvalue weighted by atomic mass is 15.0. The lowest BCUT2D eigenvalue weighted by Gasteiger charge is -2.07. The summed E-state index contributed by atoms with van der Waals surface area (Å²) in [6.07, 6.45) is 4.13. The van der Waals surface area contributed by atoms with E-state index in [1.54, 1.807) is 0 Å². The smallest absolute Gasteiger partial charge is 0.140 e. The number of hydrogen-bond donors (Lipinski definition) is 0. The normalized spacial score (nSPS) is 11.0. The van der Waals surface area contributed by atoms with Gasteiger partial charge in [-0.05, 0) is 43.5 Å². The van der Waals surface area contributed by atoms with Crippen molar-refractivity contribution >= 4 is 11.0 Å². The van der Waals surface area contributed by atoms with Crippen LogP contribution in [0.5, 0.6) is 0 Å². The van der Waals surface area contributed by atoms with Crippen LogP contribution in [0.15, 0.2) is 54.7 Å². The molecule has 2 nitrogen and oxygen atoms in total. The number of hydrogen-bond acceptors (Lipinski definition) is 1. The molecule has 3 rings (SSSR count). The minimum atomic E-state index is 1.03. The Hall–Kier alpha value is -2.09. The molecule has 0 amide bonds. The summed E-state index contributed by atoms with van der Waals surface area (Å²) in [5.41, 5.74) is 3.80. The predicted molar refractivity (Wildman–Crippen MR) is 79.2 cm³/mol. The third-order valence-electron chi connectivity index (χ3n) is 3.55. The standard InChI is InChI=1S/C17H18N2/c1-14-13-16-10-5-11-18-17(16)19(14)12-6-9-15-7-3-2-4-8-15/h2-5,7-8,10-11,13H,6,9,12H2,1H3. The van der Waals surface area contributed by atoms with Gasteiger partial charge in [0, 0.05) is 23.8 Å². The number of aryl methyl sites for hydroxylation is 3. The molecule has 0 saturated heterocycles. The number of fused-ring (bicyclic) bond motifs is 1. The minimum Gasteiger partial charge on any atom is -0.330 e. The van der Waals surface area contributed by atoms with Crippen LogP contribution >= 0.6 is 0 Å². The van der Waals surface area contributed by atoms with Gasteiger partial charge < -0.3 is 4.57 Å². The Labute approximate surface area is 113 Å². The lowest BCUT2D eigenvalue weighted by atomic mass is 10.1. The molecule has 2 aromatic heterocycles. The Morgan fingerprint density at radius 1 is 1.05 bits per heavy atom. The molecule has 0 bridgehead atoms. The molecule has 19 heavy (non-hydrogen) atoms. The molecule has 2 heterocycles. The molecule has 2 heteroatoms. The van der Waals surface area contributed by atoms with Gasteiger partial charge in [-0.15, -0.1) is 0 Å². The molecule has 0 saturated carbocycles. The second-order valence-corrected chi connectivity index (χ2v) is 4.94. The zero-order valence-corrected chi connectivity index (χ0v) is 11.2. The van der Waals surface area contributed by atoms with Crippen LogP contribution in [0.4, 0.5) is 0 Å². The molecule has 3 aromatic rings. The van der Waals surface area contributed by atoms with Crippen LogP contribution in [-0.2, 0) is 13.0 Å². The van der Waals surface area contributed by atoms with Gasteiger partial charge in [0.2, 0.25) is 0 Å². The molecule has 0 unspecified atom stereocenters. The molecule has 0 aliphatic carbocycles. The lowest BCUT2D eigenvalue weighted by Crippen LogP contribution is -2.02. The Balaban J connectivity index is 1.73. The van der Waals surface area contributed by atoms with Crippen LogP contribution in [0, 0.1) is 6.92 Å². The summed E-state index contributed by atoms with van der Waals surface area (Å²) in [6, 6.07) is 17.0. The number of nitrogens with zero attached hydrogens (tertiary/aromatic N) is 2. The predicted octanol–water partition coefficient (Wildman–Crippen LogP) is 3.98. The van der Waals surface area contributed by atoms with E-state index < -0.39 is 0 Å². The van der Waals surface area contributed by atoms with Gasteiger partial charge in [-0.25, -0.2) is 4.98 Å². The van der Waals surface area contributed by atoms with Crippen molar-refractivity contribution in [1.29, 1.82) is 0 Å². The van der Waals surface area contributed by atoms with Gasteiger partial charge in [-0.1, -0.05) is 30.3 Å². The highest BCUT2D eigenvalue weighted by Crippen LogP contribution is 2.17. The van der Waals surface area contributed by atoms with E-state index in [9.17, 15) is 0 Å². The van der Waals surface area contributed by atoms with Gasteiger partial charge in [0.1, 0.15) is 5.65 Å². The van der Waals surface area contributed by atoms with E-state index in [1.807, 2.05) is 12.3 Å². The third-order valence-corrected chi connectivity index (χ3v) is 3.55. The molecule has 0 aliphatic heterocycles. The quantitative estimate of drug-likeness (QED) is 0.685. The number of benzene rings is 1. The molecule has 1 aromatic carbocycles. The van der Waals surface area contributed by atoms with Crippen molar-refractivity contribution in [3.05, 3.63) is 66.0 Å². The first-order chi connectivity index (χ1) is 9.34. The monoisotopic (exact) mass is 250 g/mol. The molecule has 0 atom stereocenters. The SMILES string of the molecule is Cc1cc2cccnc2n1CCCc1ccccc1. The van der Waals surface area contributed by atoms with Crippen molar-refractivity contribution in [3.8, 4) is 0 Å². The first-order valence-electron chi connectivity index (χ1n) is 6.79. The fourth-order valence-electron chi connectivity index (χ4n) is 2.59. The van der Waals surface area contributed by atoms with Crippen LogP contribution in [0.2, 0.25) is 0 Å². The van der Waals surface area contributed by atoms with Crippen molar-refractivity contribution in [1.82, 2.24) is 9.55 Å². The van der Waals surface area contributed by atoms with Crippen LogP contribution in [-0.4, -0.2) is 9.55 Å². The van der Waals surface area contributed by atoms with Crippen LogP contribution in [0.1, 0.15) is 17.7 Å². The first-order valence-corrected chi connectivity index (χ1v) is 6.79. The molecule has 0 N–H and O–H groups in total. The Morgan fingerprint density at radius 2 is 1.89 bits per heavy atom. The molecule has 0 radical (unpaired) electrons. The fraction of sp³-hybridized carbons (Fsp3) is 0.235. The van der Waals surface area contributed by atoms with E-state index in [0.717, 1.165) is 25.0 Å². The van der Waals surface area contributed by atoms with Crippen molar-refractivity contribution in [2.45, 2.75) is 26.3 Å². The second-order valence-electron chi connectivity index (χ2n) is 4.94. The van der Waals surface area contributed by atoms with Crippen molar-refractivity contribution in [2.24, 2.45) is 0 Å². The number of rotatable bonds is 4. The molecule has 96 valence electrons.